The highest BCUT2D eigenvalue weighted by Gasteiger charge is 2.22. The molecule has 32 heavy (non-hydrogen) atoms. The van der Waals surface area contributed by atoms with Crippen molar-refractivity contribution in [3.05, 3.63) is 81.1 Å². The summed E-state index contributed by atoms with van der Waals surface area (Å²) in [4.78, 5) is 18.0. The Bertz CT molecular complexity index is 1140. The lowest BCUT2D eigenvalue weighted by atomic mass is 10.0. The van der Waals surface area contributed by atoms with Crippen molar-refractivity contribution in [2.45, 2.75) is 45.8 Å². The summed E-state index contributed by atoms with van der Waals surface area (Å²) < 4.78 is 5.86. The van der Waals surface area contributed by atoms with E-state index >= 15 is 0 Å². The smallest absolute Gasteiger partial charge is 0.253 e. The van der Waals surface area contributed by atoms with E-state index in [0.717, 1.165) is 43.3 Å². The zero-order valence-electron chi connectivity index (χ0n) is 18.8. The van der Waals surface area contributed by atoms with Gasteiger partial charge in [-0.25, -0.2) is 0 Å². The van der Waals surface area contributed by atoms with E-state index in [9.17, 15) is 4.79 Å². The van der Waals surface area contributed by atoms with Gasteiger partial charge in [-0.05, 0) is 85.6 Å². The molecule has 0 saturated carbocycles. The molecule has 1 aliphatic rings. The Morgan fingerprint density at radius 2 is 1.97 bits per heavy atom. The first-order chi connectivity index (χ1) is 15.5. The van der Waals surface area contributed by atoms with Gasteiger partial charge in [-0.3, -0.25) is 4.79 Å². The Morgan fingerprint density at radius 3 is 2.72 bits per heavy atom. The lowest BCUT2D eigenvalue weighted by molar-refractivity contribution is 0.0897. The molecule has 2 N–H and O–H groups in total. The summed E-state index contributed by atoms with van der Waals surface area (Å²) >= 11 is 5.75. The van der Waals surface area contributed by atoms with Crippen molar-refractivity contribution in [2.24, 2.45) is 0 Å². The van der Waals surface area contributed by atoms with E-state index in [2.05, 4.69) is 47.2 Å². The molecule has 0 bridgehead atoms. The number of nitrogens with one attached hydrogen (secondary N) is 2. The standard InChI is InChI=1S/C26H31N3O2S/c1-18-13-21-15-22(25(30)28-24(21)14-19(18)2)16-29(17-23-9-6-12-31-23)26(32)27-11-10-20-7-4-3-5-8-20/h3-5,7-8,13-15,23H,6,9-12,16-17H2,1-2H3,(H,27,32)(H,28,30)/t23-/m1/s1. The highest BCUT2D eigenvalue weighted by Crippen LogP contribution is 2.19. The molecule has 2 aromatic carbocycles. The Balaban J connectivity index is 1.50. The van der Waals surface area contributed by atoms with Gasteiger partial charge in [-0.15, -0.1) is 0 Å². The molecule has 0 unspecified atom stereocenters. The molecule has 6 heteroatoms. The van der Waals surface area contributed by atoms with Crippen LogP contribution in [0.4, 0.5) is 0 Å². The zero-order valence-corrected chi connectivity index (χ0v) is 19.6. The van der Waals surface area contributed by atoms with Gasteiger partial charge in [0, 0.05) is 30.8 Å². The van der Waals surface area contributed by atoms with Gasteiger partial charge in [-0.1, -0.05) is 30.3 Å². The van der Waals surface area contributed by atoms with Crippen LogP contribution in [0.2, 0.25) is 0 Å². The van der Waals surface area contributed by atoms with Crippen molar-refractivity contribution in [3.8, 4) is 0 Å². The highest BCUT2D eigenvalue weighted by atomic mass is 32.1. The third-order valence-corrected chi connectivity index (χ3v) is 6.57. The van der Waals surface area contributed by atoms with E-state index in [-0.39, 0.29) is 11.7 Å². The first kappa shape index (κ1) is 22.5. The summed E-state index contributed by atoms with van der Waals surface area (Å²) in [6.07, 6.45) is 3.13. The average molecular weight is 450 g/mol. The summed E-state index contributed by atoms with van der Waals surface area (Å²) in [5.41, 5.74) is 5.17. The van der Waals surface area contributed by atoms with Crippen LogP contribution in [0.15, 0.2) is 53.3 Å². The molecule has 0 radical (unpaired) electrons. The van der Waals surface area contributed by atoms with Crippen molar-refractivity contribution in [3.63, 3.8) is 0 Å². The van der Waals surface area contributed by atoms with E-state index in [1.165, 1.54) is 16.7 Å². The fourth-order valence-corrected chi connectivity index (χ4v) is 4.41. The lowest BCUT2D eigenvalue weighted by Crippen LogP contribution is -2.44. The minimum absolute atomic E-state index is 0.0646. The maximum Gasteiger partial charge on any atom is 0.253 e. The second-order valence-electron chi connectivity index (χ2n) is 8.63. The molecule has 1 aromatic heterocycles. The van der Waals surface area contributed by atoms with Crippen molar-refractivity contribution >= 4 is 28.2 Å². The van der Waals surface area contributed by atoms with Crippen LogP contribution < -0.4 is 10.9 Å². The van der Waals surface area contributed by atoms with E-state index < -0.39 is 0 Å². The summed E-state index contributed by atoms with van der Waals surface area (Å²) in [6.45, 7) is 6.83. The molecule has 3 aromatic rings. The molecule has 1 aliphatic heterocycles. The van der Waals surface area contributed by atoms with E-state index in [1.54, 1.807) is 0 Å². The summed E-state index contributed by atoms with van der Waals surface area (Å²) in [5, 5.41) is 5.10. The van der Waals surface area contributed by atoms with Gasteiger partial charge in [0.15, 0.2) is 5.11 Å². The molecule has 0 amide bonds. The fourth-order valence-electron chi connectivity index (χ4n) is 4.17. The number of benzene rings is 2. The van der Waals surface area contributed by atoms with Crippen LogP contribution >= 0.6 is 12.2 Å². The maximum absolute atomic E-state index is 12.8. The molecule has 4 rings (SSSR count). The summed E-state index contributed by atoms with van der Waals surface area (Å²) in [7, 11) is 0. The normalized spacial score (nSPS) is 15.8. The number of thiocarbonyl (C=S) groups is 1. The Kier molecular flexibility index (Phi) is 7.22. The maximum atomic E-state index is 12.8. The molecule has 5 nitrogen and oxygen atoms in total. The number of hydrogen-bond acceptors (Lipinski definition) is 3. The molecular weight excluding hydrogens is 418 g/mol. The number of rotatable bonds is 7. The Labute approximate surface area is 194 Å². The average Bonchev–Trinajstić information content (AvgIpc) is 3.29. The topological polar surface area (TPSA) is 57.4 Å². The SMILES string of the molecule is Cc1cc2cc(CN(C[C@H]3CCCO3)C(=S)NCCc3ccccc3)c(=O)[nH]c2cc1C. The Morgan fingerprint density at radius 1 is 1.19 bits per heavy atom. The molecule has 1 fully saturated rings. The van der Waals surface area contributed by atoms with Crippen LogP contribution in [0.5, 0.6) is 0 Å². The number of hydrogen-bond donors (Lipinski definition) is 2. The number of H-pyrrole nitrogens is 1. The number of nitrogens with zero attached hydrogens (tertiary/aromatic N) is 1. The largest absolute Gasteiger partial charge is 0.376 e. The highest BCUT2D eigenvalue weighted by molar-refractivity contribution is 7.80. The number of aromatic nitrogens is 1. The van der Waals surface area contributed by atoms with Crippen LogP contribution in [0.25, 0.3) is 10.9 Å². The summed E-state index contributed by atoms with van der Waals surface area (Å²) in [5.74, 6) is 0. The van der Waals surface area contributed by atoms with Crippen molar-refractivity contribution in [1.29, 1.82) is 0 Å². The van der Waals surface area contributed by atoms with Crippen LogP contribution in [-0.2, 0) is 17.7 Å². The molecule has 0 aliphatic carbocycles. The molecule has 2 heterocycles. The van der Waals surface area contributed by atoms with Gasteiger partial charge in [0.1, 0.15) is 0 Å². The van der Waals surface area contributed by atoms with E-state index in [4.69, 9.17) is 17.0 Å². The monoisotopic (exact) mass is 449 g/mol. The molecule has 1 atom stereocenters. The van der Waals surface area contributed by atoms with Gasteiger partial charge in [0.05, 0.1) is 12.6 Å². The van der Waals surface area contributed by atoms with Crippen LogP contribution in [0, 0.1) is 13.8 Å². The minimum Gasteiger partial charge on any atom is -0.376 e. The van der Waals surface area contributed by atoms with E-state index in [1.807, 2.05) is 30.3 Å². The number of aromatic amines is 1. The number of pyridine rings is 1. The van der Waals surface area contributed by atoms with Crippen molar-refractivity contribution in [2.75, 3.05) is 19.7 Å². The number of aryl methyl sites for hydroxylation is 2. The Hall–Kier alpha value is -2.70. The van der Waals surface area contributed by atoms with Crippen molar-refractivity contribution in [1.82, 2.24) is 15.2 Å². The van der Waals surface area contributed by atoms with Gasteiger partial charge in [0.25, 0.3) is 5.56 Å². The van der Waals surface area contributed by atoms with Crippen LogP contribution in [-0.4, -0.2) is 40.8 Å². The third-order valence-electron chi connectivity index (χ3n) is 6.16. The first-order valence-corrected chi connectivity index (χ1v) is 11.7. The lowest BCUT2D eigenvalue weighted by Gasteiger charge is -2.28. The molecule has 0 spiro atoms. The van der Waals surface area contributed by atoms with Gasteiger partial charge >= 0.3 is 0 Å². The predicted octanol–water partition coefficient (Wildman–Crippen LogP) is 4.24. The second-order valence-corrected chi connectivity index (χ2v) is 9.02. The van der Waals surface area contributed by atoms with Crippen molar-refractivity contribution < 1.29 is 4.74 Å². The predicted molar refractivity (Wildman–Crippen MR) is 134 cm³/mol. The number of fused-ring (bicyclic) bond motifs is 1. The number of ether oxygens (including phenoxy) is 1. The first-order valence-electron chi connectivity index (χ1n) is 11.3. The molecule has 1 saturated heterocycles. The van der Waals surface area contributed by atoms with Gasteiger partial charge < -0.3 is 19.9 Å². The van der Waals surface area contributed by atoms with Gasteiger partial charge in [0.2, 0.25) is 0 Å². The zero-order chi connectivity index (χ0) is 22.5. The van der Waals surface area contributed by atoms with E-state index in [0.29, 0.717) is 23.8 Å². The van der Waals surface area contributed by atoms with Gasteiger partial charge in [-0.2, -0.15) is 0 Å². The van der Waals surface area contributed by atoms with Crippen LogP contribution in [0.3, 0.4) is 0 Å². The fraction of sp³-hybridized carbons (Fsp3) is 0.385. The molecular formula is C26H31N3O2S. The quantitative estimate of drug-likeness (QED) is 0.529. The third kappa shape index (κ3) is 5.56. The second kappa shape index (κ2) is 10.3. The molecule has 168 valence electrons. The minimum atomic E-state index is -0.0646. The summed E-state index contributed by atoms with van der Waals surface area (Å²) in [6, 6.07) is 16.5. The van der Waals surface area contributed by atoms with Crippen LogP contribution in [0.1, 0.15) is 35.1 Å².